The van der Waals surface area contributed by atoms with Gasteiger partial charge in [-0.3, -0.25) is 0 Å². The second-order valence-electron chi connectivity index (χ2n) is 2.43. The van der Waals surface area contributed by atoms with Crippen molar-refractivity contribution in [3.8, 4) is 0 Å². The molecule has 3 nitrogen and oxygen atoms in total. The molecule has 0 spiro atoms. The van der Waals surface area contributed by atoms with E-state index in [0.29, 0.717) is 13.2 Å². The van der Waals surface area contributed by atoms with Crippen LogP contribution < -0.4 is 0 Å². The van der Waals surface area contributed by atoms with Crippen molar-refractivity contribution in [3.05, 3.63) is 6.92 Å². The van der Waals surface area contributed by atoms with Gasteiger partial charge in [0.25, 0.3) is 0 Å². The van der Waals surface area contributed by atoms with Crippen LogP contribution in [0.5, 0.6) is 0 Å². The highest BCUT2D eigenvalue weighted by Crippen LogP contribution is 1.91. The Morgan fingerprint density at radius 1 is 1.36 bits per heavy atom. The van der Waals surface area contributed by atoms with Crippen LogP contribution in [0.15, 0.2) is 0 Å². The highest BCUT2D eigenvalue weighted by molar-refractivity contribution is 4.53. The van der Waals surface area contributed by atoms with Gasteiger partial charge in [-0.25, -0.2) is 0 Å². The zero-order valence-electron chi connectivity index (χ0n) is 7.08. The van der Waals surface area contributed by atoms with Crippen LogP contribution in [0.25, 0.3) is 0 Å². The molecular formula is C8H17O3. The predicted octanol–water partition coefficient (Wildman–Crippen LogP) is 0.625. The fraction of sp³-hybridized carbons (Fsp3) is 0.875. The third-order valence-corrected chi connectivity index (χ3v) is 1.20. The van der Waals surface area contributed by atoms with Gasteiger partial charge >= 0.3 is 0 Å². The molecule has 1 N–H and O–H groups in total. The SMILES string of the molecule is [CH2]C(O)COCCCCOC. The molecule has 1 unspecified atom stereocenters. The first-order valence-electron chi connectivity index (χ1n) is 3.85. The molecule has 67 valence electrons. The molecular weight excluding hydrogens is 144 g/mol. The third kappa shape index (κ3) is 9.88. The van der Waals surface area contributed by atoms with Gasteiger partial charge in [-0.1, -0.05) is 0 Å². The number of ether oxygens (including phenoxy) is 2. The molecule has 1 radical (unpaired) electrons. The van der Waals surface area contributed by atoms with E-state index in [9.17, 15) is 0 Å². The lowest BCUT2D eigenvalue weighted by molar-refractivity contribution is 0.0538. The molecule has 11 heavy (non-hydrogen) atoms. The summed E-state index contributed by atoms with van der Waals surface area (Å²) in [5.41, 5.74) is 0. The topological polar surface area (TPSA) is 38.7 Å². The third-order valence-electron chi connectivity index (χ3n) is 1.20. The van der Waals surface area contributed by atoms with E-state index in [4.69, 9.17) is 14.6 Å². The van der Waals surface area contributed by atoms with E-state index in [0.717, 1.165) is 19.4 Å². The number of methoxy groups -OCH3 is 1. The highest BCUT2D eigenvalue weighted by Gasteiger charge is 1.94. The number of unbranched alkanes of at least 4 members (excludes halogenated alkanes) is 1. The number of aliphatic hydroxyl groups is 1. The van der Waals surface area contributed by atoms with Crippen molar-refractivity contribution in [3.63, 3.8) is 0 Å². The molecule has 1 atom stereocenters. The van der Waals surface area contributed by atoms with Gasteiger partial charge in [0.2, 0.25) is 0 Å². The Hall–Kier alpha value is -0.120. The van der Waals surface area contributed by atoms with Gasteiger partial charge in [0.1, 0.15) is 0 Å². The summed E-state index contributed by atoms with van der Waals surface area (Å²) >= 11 is 0. The van der Waals surface area contributed by atoms with Crippen molar-refractivity contribution < 1.29 is 14.6 Å². The summed E-state index contributed by atoms with van der Waals surface area (Å²) in [4.78, 5) is 0. The van der Waals surface area contributed by atoms with E-state index in [-0.39, 0.29) is 0 Å². The largest absolute Gasteiger partial charge is 0.391 e. The van der Waals surface area contributed by atoms with Crippen molar-refractivity contribution in [2.24, 2.45) is 0 Å². The van der Waals surface area contributed by atoms with Gasteiger partial charge in [-0.2, -0.15) is 0 Å². The normalized spacial score (nSPS) is 13.4. The summed E-state index contributed by atoms with van der Waals surface area (Å²) in [5, 5.41) is 8.69. The quantitative estimate of drug-likeness (QED) is 0.556. The van der Waals surface area contributed by atoms with E-state index < -0.39 is 6.10 Å². The zero-order valence-corrected chi connectivity index (χ0v) is 7.08. The van der Waals surface area contributed by atoms with Crippen LogP contribution in [0.2, 0.25) is 0 Å². The van der Waals surface area contributed by atoms with Crippen LogP contribution in [0.1, 0.15) is 12.8 Å². The Bertz CT molecular complexity index is 73.7. The van der Waals surface area contributed by atoms with Gasteiger partial charge in [-0.15, -0.1) is 0 Å². The predicted molar refractivity (Wildman–Crippen MR) is 43.3 cm³/mol. The minimum Gasteiger partial charge on any atom is -0.391 e. The fourth-order valence-corrected chi connectivity index (χ4v) is 0.670. The van der Waals surface area contributed by atoms with E-state index in [1.807, 2.05) is 0 Å². The van der Waals surface area contributed by atoms with Crippen molar-refractivity contribution in [2.45, 2.75) is 18.9 Å². The summed E-state index contributed by atoms with van der Waals surface area (Å²) < 4.78 is 9.93. The average molecular weight is 161 g/mol. The Labute approximate surface area is 68.3 Å². The van der Waals surface area contributed by atoms with Crippen LogP contribution >= 0.6 is 0 Å². The first-order valence-corrected chi connectivity index (χ1v) is 3.85. The van der Waals surface area contributed by atoms with E-state index in [1.165, 1.54) is 0 Å². The minimum absolute atomic E-state index is 0.326. The molecule has 0 aromatic heterocycles. The maximum atomic E-state index is 8.69. The first-order chi connectivity index (χ1) is 5.27. The summed E-state index contributed by atoms with van der Waals surface area (Å²) in [7, 11) is 1.68. The second-order valence-corrected chi connectivity index (χ2v) is 2.43. The summed E-state index contributed by atoms with van der Waals surface area (Å²) in [6, 6.07) is 0. The molecule has 0 heterocycles. The molecule has 0 aliphatic rings. The summed E-state index contributed by atoms with van der Waals surface area (Å²) in [6.45, 7) is 5.16. The van der Waals surface area contributed by atoms with Crippen LogP contribution in [-0.4, -0.2) is 38.1 Å². The molecule has 0 aliphatic heterocycles. The number of hydrogen-bond acceptors (Lipinski definition) is 3. The molecule has 0 saturated heterocycles. The van der Waals surface area contributed by atoms with Gasteiger partial charge in [0, 0.05) is 20.3 Å². The lowest BCUT2D eigenvalue weighted by atomic mass is 10.3. The van der Waals surface area contributed by atoms with E-state index >= 15 is 0 Å². The summed E-state index contributed by atoms with van der Waals surface area (Å²) in [5.74, 6) is 0. The maximum absolute atomic E-state index is 8.69. The van der Waals surface area contributed by atoms with E-state index in [1.54, 1.807) is 7.11 Å². The number of rotatable bonds is 7. The average Bonchev–Trinajstić information content (AvgIpc) is 1.96. The highest BCUT2D eigenvalue weighted by atomic mass is 16.5. The fourth-order valence-electron chi connectivity index (χ4n) is 0.670. The first kappa shape index (κ1) is 10.9. The zero-order chi connectivity index (χ0) is 8.53. The molecule has 0 amide bonds. The van der Waals surface area contributed by atoms with Gasteiger partial charge < -0.3 is 14.6 Å². The molecule has 0 fully saturated rings. The Kier molecular flexibility index (Phi) is 7.89. The smallest absolute Gasteiger partial charge is 0.0774 e. The molecule has 0 saturated carbocycles. The summed E-state index contributed by atoms with van der Waals surface area (Å²) in [6.07, 6.45) is 1.38. The molecule has 0 bridgehead atoms. The van der Waals surface area contributed by atoms with Crippen molar-refractivity contribution >= 4 is 0 Å². The molecule has 0 aliphatic carbocycles. The van der Waals surface area contributed by atoms with Crippen LogP contribution in [0.4, 0.5) is 0 Å². The van der Waals surface area contributed by atoms with Gasteiger partial charge in [0.15, 0.2) is 0 Å². The standard InChI is InChI=1S/C8H17O3/c1-8(9)7-11-6-4-3-5-10-2/h8-9H,1,3-7H2,2H3. The second kappa shape index (κ2) is 7.98. The minimum atomic E-state index is -0.600. The Morgan fingerprint density at radius 2 is 2.00 bits per heavy atom. The van der Waals surface area contributed by atoms with Gasteiger partial charge in [-0.05, 0) is 19.8 Å². The van der Waals surface area contributed by atoms with Crippen LogP contribution in [0, 0.1) is 6.92 Å². The Balaban J connectivity index is 2.80. The molecule has 0 aromatic rings. The van der Waals surface area contributed by atoms with E-state index in [2.05, 4.69) is 6.92 Å². The molecule has 0 aromatic carbocycles. The number of aliphatic hydroxyl groups excluding tert-OH is 1. The maximum Gasteiger partial charge on any atom is 0.0774 e. The lowest BCUT2D eigenvalue weighted by Crippen LogP contribution is -2.11. The molecule has 0 rings (SSSR count). The monoisotopic (exact) mass is 161 g/mol. The van der Waals surface area contributed by atoms with Crippen LogP contribution in [-0.2, 0) is 9.47 Å². The van der Waals surface area contributed by atoms with Crippen molar-refractivity contribution in [1.29, 1.82) is 0 Å². The number of hydrogen-bond donors (Lipinski definition) is 1. The Morgan fingerprint density at radius 3 is 2.55 bits per heavy atom. The van der Waals surface area contributed by atoms with Gasteiger partial charge in [0.05, 0.1) is 12.7 Å². The van der Waals surface area contributed by atoms with Crippen molar-refractivity contribution in [1.82, 2.24) is 0 Å². The van der Waals surface area contributed by atoms with Crippen molar-refractivity contribution in [2.75, 3.05) is 26.9 Å². The van der Waals surface area contributed by atoms with Crippen LogP contribution in [0.3, 0.4) is 0 Å². The lowest BCUT2D eigenvalue weighted by Gasteiger charge is -2.05. The molecule has 3 heteroatoms.